The molecule has 1 amide bonds. The van der Waals surface area contributed by atoms with Crippen molar-refractivity contribution in [2.45, 2.75) is 54.5 Å². The summed E-state index contributed by atoms with van der Waals surface area (Å²) in [6.45, 7) is 0. The molecular weight excluding hydrogens is 422 g/mol. The first-order chi connectivity index (χ1) is 15.6. The lowest BCUT2D eigenvalue weighted by Crippen LogP contribution is -2.34. The Morgan fingerprint density at radius 2 is 1.66 bits per heavy atom. The highest BCUT2D eigenvalue weighted by atomic mass is 32.2. The molecule has 1 N–H and O–H groups in total. The van der Waals surface area contributed by atoms with Crippen molar-refractivity contribution in [1.82, 2.24) is 15.1 Å². The van der Waals surface area contributed by atoms with E-state index in [4.69, 9.17) is 4.74 Å². The topological polar surface area (TPSA) is 73.2 Å². The molecule has 0 aliphatic heterocycles. The predicted octanol–water partition coefficient (Wildman–Crippen LogP) is 4.84. The predicted molar refractivity (Wildman–Crippen MR) is 126 cm³/mol. The van der Waals surface area contributed by atoms with Crippen molar-refractivity contribution >= 4 is 17.7 Å². The van der Waals surface area contributed by atoms with Gasteiger partial charge < -0.3 is 10.1 Å². The Balaban J connectivity index is 1.47. The van der Waals surface area contributed by atoms with E-state index in [0.29, 0.717) is 16.3 Å². The second-order valence-corrected chi connectivity index (χ2v) is 9.00. The molecule has 7 heteroatoms. The summed E-state index contributed by atoms with van der Waals surface area (Å²) in [6.07, 6.45) is 6.92. The van der Waals surface area contributed by atoms with Gasteiger partial charge in [-0.05, 0) is 67.4 Å². The number of hydrogen-bond donors (Lipinski definition) is 1. The molecule has 1 fully saturated rings. The molecule has 3 aromatic rings. The molecule has 1 aliphatic rings. The third-order valence-electron chi connectivity index (χ3n) is 5.62. The second-order valence-electron chi connectivity index (χ2n) is 7.91. The number of benzene rings is 2. The van der Waals surface area contributed by atoms with Gasteiger partial charge in [0, 0.05) is 22.6 Å². The first kappa shape index (κ1) is 22.1. The fraction of sp³-hybridized carbons (Fsp3) is 0.320. The molecule has 1 aromatic heterocycles. The number of hydrogen-bond acceptors (Lipinski definition) is 5. The van der Waals surface area contributed by atoms with Crippen LogP contribution in [0.25, 0.3) is 5.69 Å². The summed E-state index contributed by atoms with van der Waals surface area (Å²) in [6, 6.07) is 18.2. The minimum Gasteiger partial charge on any atom is -0.497 e. The van der Waals surface area contributed by atoms with Gasteiger partial charge in [0.1, 0.15) is 10.8 Å². The van der Waals surface area contributed by atoms with E-state index in [2.05, 4.69) is 10.4 Å². The largest absolute Gasteiger partial charge is 0.497 e. The molecule has 0 spiro atoms. The van der Waals surface area contributed by atoms with Crippen LogP contribution < -0.4 is 15.6 Å². The minimum atomic E-state index is -0.222. The van der Waals surface area contributed by atoms with Crippen molar-refractivity contribution in [3.8, 4) is 11.4 Å². The zero-order chi connectivity index (χ0) is 22.3. The summed E-state index contributed by atoms with van der Waals surface area (Å²) in [4.78, 5) is 26.0. The van der Waals surface area contributed by atoms with Crippen LogP contribution in [-0.4, -0.2) is 28.8 Å². The molecule has 0 atom stereocenters. The number of aromatic nitrogens is 2. The highest BCUT2D eigenvalue weighted by Crippen LogP contribution is 2.27. The van der Waals surface area contributed by atoms with Gasteiger partial charge in [-0.1, -0.05) is 37.4 Å². The molecule has 32 heavy (non-hydrogen) atoms. The smallest absolute Gasteiger partial charge is 0.271 e. The van der Waals surface area contributed by atoms with Gasteiger partial charge in [0.2, 0.25) is 0 Å². The summed E-state index contributed by atoms with van der Waals surface area (Å²) >= 11 is 1.46. The van der Waals surface area contributed by atoms with Gasteiger partial charge in [-0.2, -0.15) is 9.78 Å². The molecule has 6 nitrogen and oxygen atoms in total. The maximum absolute atomic E-state index is 12.6. The Morgan fingerprint density at radius 1 is 0.969 bits per heavy atom. The highest BCUT2D eigenvalue weighted by molar-refractivity contribution is 7.99. The molecule has 0 saturated heterocycles. The van der Waals surface area contributed by atoms with Crippen LogP contribution in [0.15, 0.2) is 75.4 Å². The van der Waals surface area contributed by atoms with Crippen molar-refractivity contribution in [1.29, 1.82) is 0 Å². The Morgan fingerprint density at radius 3 is 2.31 bits per heavy atom. The molecule has 4 rings (SSSR count). The summed E-state index contributed by atoms with van der Waals surface area (Å²) < 4.78 is 6.55. The van der Waals surface area contributed by atoms with Crippen LogP contribution in [-0.2, 0) is 0 Å². The normalized spacial score (nSPS) is 14.5. The number of nitrogens with zero attached hydrogens (tertiary/aromatic N) is 2. The Hall–Kier alpha value is -3.06. The van der Waals surface area contributed by atoms with E-state index in [-0.39, 0.29) is 17.5 Å². The molecule has 0 bridgehead atoms. The number of rotatable bonds is 6. The molecule has 2 aromatic carbocycles. The molecule has 1 heterocycles. The standard InChI is InChI=1S/C25H27N3O3S/c1-31-21-12-14-22(15-13-21)32-23-16-17-24(29)28(27-23)20-10-8-18(9-11-20)25(30)26-19-6-4-2-3-5-7-19/h8-17,19H,2-7H2,1H3,(H,26,30). The minimum absolute atomic E-state index is 0.0624. The van der Waals surface area contributed by atoms with E-state index in [9.17, 15) is 9.59 Å². The molecule has 166 valence electrons. The summed E-state index contributed by atoms with van der Waals surface area (Å²) in [5.41, 5.74) is 0.993. The van der Waals surface area contributed by atoms with Crippen molar-refractivity contribution < 1.29 is 9.53 Å². The van der Waals surface area contributed by atoms with Crippen molar-refractivity contribution in [2.75, 3.05) is 7.11 Å². The quantitative estimate of drug-likeness (QED) is 0.545. The number of amides is 1. The van der Waals surface area contributed by atoms with Gasteiger partial charge in [0.15, 0.2) is 0 Å². The van der Waals surface area contributed by atoms with Gasteiger partial charge in [0.25, 0.3) is 11.5 Å². The van der Waals surface area contributed by atoms with Gasteiger partial charge in [-0.15, -0.1) is 0 Å². The third kappa shape index (κ3) is 5.59. The van der Waals surface area contributed by atoms with Gasteiger partial charge in [0.05, 0.1) is 12.8 Å². The fourth-order valence-corrected chi connectivity index (χ4v) is 4.62. The number of ether oxygens (including phenoxy) is 1. The molecule has 1 saturated carbocycles. The molecule has 1 aliphatic carbocycles. The van der Waals surface area contributed by atoms with Gasteiger partial charge >= 0.3 is 0 Å². The van der Waals surface area contributed by atoms with E-state index in [1.165, 1.54) is 48.2 Å². The van der Waals surface area contributed by atoms with E-state index in [1.807, 2.05) is 24.3 Å². The SMILES string of the molecule is COc1ccc(Sc2ccc(=O)n(-c3ccc(C(=O)NC4CCCCCC4)cc3)n2)cc1. The van der Waals surface area contributed by atoms with E-state index in [1.54, 1.807) is 37.4 Å². The summed E-state index contributed by atoms with van der Waals surface area (Å²) in [5, 5.41) is 8.35. The van der Waals surface area contributed by atoms with E-state index >= 15 is 0 Å². The number of nitrogens with one attached hydrogen (secondary N) is 1. The monoisotopic (exact) mass is 449 g/mol. The third-order valence-corrected chi connectivity index (χ3v) is 6.56. The Kier molecular flexibility index (Phi) is 7.27. The van der Waals surface area contributed by atoms with Crippen molar-refractivity contribution in [3.05, 3.63) is 76.6 Å². The number of carbonyl (C=O) groups excluding carboxylic acids is 1. The van der Waals surface area contributed by atoms with Crippen LogP contribution in [0.3, 0.4) is 0 Å². The van der Waals surface area contributed by atoms with Crippen molar-refractivity contribution in [3.63, 3.8) is 0 Å². The fourth-order valence-electron chi connectivity index (χ4n) is 3.84. The Labute approximate surface area is 192 Å². The lowest BCUT2D eigenvalue weighted by Gasteiger charge is -2.16. The number of carbonyl (C=O) groups is 1. The molecule has 0 radical (unpaired) electrons. The summed E-state index contributed by atoms with van der Waals surface area (Å²) in [7, 11) is 1.63. The zero-order valence-electron chi connectivity index (χ0n) is 18.1. The lowest BCUT2D eigenvalue weighted by atomic mass is 10.1. The van der Waals surface area contributed by atoms with E-state index in [0.717, 1.165) is 23.5 Å². The van der Waals surface area contributed by atoms with Crippen LogP contribution in [0.5, 0.6) is 5.75 Å². The van der Waals surface area contributed by atoms with E-state index < -0.39 is 0 Å². The second kappa shape index (κ2) is 10.5. The van der Waals surface area contributed by atoms with Crippen LogP contribution in [0.1, 0.15) is 48.9 Å². The number of methoxy groups -OCH3 is 1. The van der Waals surface area contributed by atoms with Crippen LogP contribution in [0.4, 0.5) is 0 Å². The first-order valence-corrected chi connectivity index (χ1v) is 11.8. The average molecular weight is 450 g/mol. The van der Waals surface area contributed by atoms with Crippen molar-refractivity contribution in [2.24, 2.45) is 0 Å². The average Bonchev–Trinajstić information content (AvgIpc) is 3.09. The summed E-state index contributed by atoms with van der Waals surface area (Å²) in [5.74, 6) is 0.725. The lowest BCUT2D eigenvalue weighted by molar-refractivity contribution is 0.0933. The highest BCUT2D eigenvalue weighted by Gasteiger charge is 2.16. The van der Waals surface area contributed by atoms with Crippen LogP contribution in [0, 0.1) is 0 Å². The Bertz CT molecular complexity index is 1100. The zero-order valence-corrected chi connectivity index (χ0v) is 18.9. The maximum Gasteiger partial charge on any atom is 0.271 e. The molecule has 0 unspecified atom stereocenters. The maximum atomic E-state index is 12.6. The molecular formula is C25H27N3O3S. The first-order valence-electron chi connectivity index (χ1n) is 11.0. The van der Waals surface area contributed by atoms with Crippen LogP contribution in [0.2, 0.25) is 0 Å². The van der Waals surface area contributed by atoms with Crippen LogP contribution >= 0.6 is 11.8 Å². The van der Waals surface area contributed by atoms with Gasteiger partial charge in [-0.3, -0.25) is 9.59 Å². The van der Waals surface area contributed by atoms with Gasteiger partial charge in [-0.25, -0.2) is 0 Å².